The molecule has 0 aliphatic rings. The quantitative estimate of drug-likeness (QED) is 0.248. The van der Waals surface area contributed by atoms with Crippen LogP contribution in [0.4, 0.5) is 0 Å². The highest BCUT2D eigenvalue weighted by atomic mass is 14.1. The fourth-order valence-electron chi connectivity index (χ4n) is 5.47. The fourth-order valence-corrected chi connectivity index (χ4v) is 5.47. The van der Waals surface area contributed by atoms with Crippen LogP contribution in [0.3, 0.4) is 0 Å². The van der Waals surface area contributed by atoms with E-state index in [9.17, 15) is 0 Å². The molecule has 0 heterocycles. The molecule has 0 amide bonds. The molecule has 0 heteroatoms. The molecule has 0 unspecified atom stereocenters. The lowest BCUT2D eigenvalue weighted by Crippen LogP contribution is -1.87. The molecule has 0 saturated heterocycles. The number of hydrogen-bond acceptors (Lipinski definition) is 0. The summed E-state index contributed by atoms with van der Waals surface area (Å²) in [6, 6.07) is 52.8. The van der Waals surface area contributed by atoms with Crippen LogP contribution in [0.5, 0.6) is 0 Å². The average molecular weight is 457 g/mol. The molecule has 0 fully saturated rings. The van der Waals surface area contributed by atoms with Gasteiger partial charge in [-0.2, -0.15) is 0 Å². The lowest BCUT2D eigenvalue weighted by atomic mass is 9.90. The van der Waals surface area contributed by atoms with Gasteiger partial charge in [0.15, 0.2) is 0 Å². The van der Waals surface area contributed by atoms with E-state index in [2.05, 4.69) is 146 Å². The summed E-state index contributed by atoms with van der Waals surface area (Å²) in [6.07, 6.45) is 0. The summed E-state index contributed by atoms with van der Waals surface area (Å²) >= 11 is 0. The monoisotopic (exact) mass is 456 g/mol. The van der Waals surface area contributed by atoms with Crippen LogP contribution in [-0.2, 0) is 0 Å². The van der Waals surface area contributed by atoms with Crippen molar-refractivity contribution >= 4 is 32.3 Å². The second-order valence-corrected chi connectivity index (χ2v) is 9.37. The van der Waals surface area contributed by atoms with E-state index in [0.717, 1.165) is 0 Å². The molecular weight excluding hydrogens is 432 g/mol. The molecule has 0 atom stereocenters. The first-order valence-corrected chi connectivity index (χ1v) is 12.4. The van der Waals surface area contributed by atoms with Crippen LogP contribution >= 0.6 is 0 Å². The van der Waals surface area contributed by atoms with Gasteiger partial charge in [0.1, 0.15) is 0 Å². The SMILES string of the molecule is c1ccc2cc(-c3ccc(-c4ccc(-c5cccc6ccccc56)cc4)c4ccccc34)ccc2c1. The van der Waals surface area contributed by atoms with Crippen LogP contribution in [0.1, 0.15) is 0 Å². The minimum absolute atomic E-state index is 1.24. The molecule has 7 aromatic rings. The number of rotatable bonds is 3. The van der Waals surface area contributed by atoms with Crippen LogP contribution in [0.2, 0.25) is 0 Å². The summed E-state index contributed by atoms with van der Waals surface area (Å²) in [6.45, 7) is 0. The lowest BCUT2D eigenvalue weighted by Gasteiger charge is -2.13. The minimum Gasteiger partial charge on any atom is -0.0616 e. The van der Waals surface area contributed by atoms with E-state index in [-0.39, 0.29) is 0 Å². The van der Waals surface area contributed by atoms with Crippen molar-refractivity contribution in [3.8, 4) is 33.4 Å². The maximum absolute atomic E-state index is 2.30. The summed E-state index contributed by atoms with van der Waals surface area (Å²) < 4.78 is 0. The second kappa shape index (κ2) is 8.52. The topological polar surface area (TPSA) is 0 Å². The smallest absolute Gasteiger partial charge is 0.00992 e. The van der Waals surface area contributed by atoms with Crippen LogP contribution in [0, 0.1) is 0 Å². The summed E-state index contributed by atoms with van der Waals surface area (Å²) in [5.74, 6) is 0. The van der Waals surface area contributed by atoms with Crippen molar-refractivity contribution in [2.24, 2.45) is 0 Å². The van der Waals surface area contributed by atoms with E-state index in [1.807, 2.05) is 0 Å². The summed E-state index contributed by atoms with van der Waals surface area (Å²) in [5, 5.41) is 7.66. The van der Waals surface area contributed by atoms with Gasteiger partial charge in [-0.1, -0.05) is 140 Å². The zero-order valence-corrected chi connectivity index (χ0v) is 19.9. The average Bonchev–Trinajstić information content (AvgIpc) is 2.96. The normalized spacial score (nSPS) is 11.3. The molecule has 0 aliphatic carbocycles. The first-order chi connectivity index (χ1) is 17.8. The van der Waals surface area contributed by atoms with Crippen molar-refractivity contribution in [2.45, 2.75) is 0 Å². The number of benzene rings is 7. The van der Waals surface area contributed by atoms with E-state index in [4.69, 9.17) is 0 Å². The van der Waals surface area contributed by atoms with Gasteiger partial charge >= 0.3 is 0 Å². The Hall–Kier alpha value is -4.68. The largest absolute Gasteiger partial charge is 0.0616 e. The Morgan fingerprint density at radius 2 is 0.722 bits per heavy atom. The molecule has 0 bridgehead atoms. The van der Waals surface area contributed by atoms with E-state index < -0.39 is 0 Å². The van der Waals surface area contributed by atoms with Crippen molar-refractivity contribution in [1.29, 1.82) is 0 Å². The van der Waals surface area contributed by atoms with Gasteiger partial charge in [-0.05, 0) is 71.8 Å². The Kier molecular flexibility index (Phi) is 4.89. The third-order valence-corrected chi connectivity index (χ3v) is 7.28. The standard InChI is InChI=1S/C36H24/c1-2-10-29-24-30(21-16-25(29)8-1)34-23-22-33(35-13-5-6-14-36(34)35)28-19-17-27(18-20-28)32-15-7-11-26-9-3-4-12-31(26)32/h1-24H. The van der Waals surface area contributed by atoms with Crippen molar-refractivity contribution in [2.75, 3.05) is 0 Å². The summed E-state index contributed by atoms with van der Waals surface area (Å²) in [5.41, 5.74) is 7.54. The van der Waals surface area contributed by atoms with Crippen molar-refractivity contribution in [3.05, 3.63) is 146 Å². The van der Waals surface area contributed by atoms with Gasteiger partial charge < -0.3 is 0 Å². The van der Waals surface area contributed by atoms with E-state index in [1.54, 1.807) is 0 Å². The van der Waals surface area contributed by atoms with E-state index >= 15 is 0 Å². The van der Waals surface area contributed by atoms with Crippen molar-refractivity contribution in [3.63, 3.8) is 0 Å². The highest BCUT2D eigenvalue weighted by Gasteiger charge is 2.11. The number of hydrogen-bond donors (Lipinski definition) is 0. The minimum atomic E-state index is 1.24. The molecule has 0 saturated carbocycles. The molecule has 168 valence electrons. The molecule has 0 spiro atoms. The van der Waals surface area contributed by atoms with Crippen LogP contribution < -0.4 is 0 Å². The van der Waals surface area contributed by atoms with E-state index in [0.29, 0.717) is 0 Å². The summed E-state index contributed by atoms with van der Waals surface area (Å²) in [7, 11) is 0. The molecule has 0 N–H and O–H groups in total. The molecule has 0 aliphatic heterocycles. The Bertz CT molecular complexity index is 1870. The van der Waals surface area contributed by atoms with Gasteiger partial charge in [-0.3, -0.25) is 0 Å². The lowest BCUT2D eigenvalue weighted by molar-refractivity contribution is 1.62. The zero-order valence-electron chi connectivity index (χ0n) is 19.9. The third-order valence-electron chi connectivity index (χ3n) is 7.28. The first-order valence-electron chi connectivity index (χ1n) is 12.4. The van der Waals surface area contributed by atoms with Crippen LogP contribution in [0.25, 0.3) is 65.7 Å². The van der Waals surface area contributed by atoms with Gasteiger partial charge in [0.05, 0.1) is 0 Å². The molecule has 36 heavy (non-hydrogen) atoms. The van der Waals surface area contributed by atoms with Gasteiger partial charge in [0, 0.05) is 0 Å². The third kappa shape index (κ3) is 3.47. The molecule has 0 radical (unpaired) electrons. The van der Waals surface area contributed by atoms with Crippen LogP contribution in [0.15, 0.2) is 146 Å². The zero-order chi connectivity index (χ0) is 23.9. The van der Waals surface area contributed by atoms with Gasteiger partial charge in [0.25, 0.3) is 0 Å². The maximum atomic E-state index is 2.30. The Labute approximate surface area is 211 Å². The highest BCUT2D eigenvalue weighted by Crippen LogP contribution is 2.37. The Morgan fingerprint density at radius 3 is 1.42 bits per heavy atom. The first kappa shape index (κ1) is 20.7. The van der Waals surface area contributed by atoms with E-state index in [1.165, 1.54) is 65.7 Å². The summed E-state index contributed by atoms with van der Waals surface area (Å²) in [4.78, 5) is 0. The van der Waals surface area contributed by atoms with Gasteiger partial charge in [0.2, 0.25) is 0 Å². The molecular formula is C36H24. The molecule has 0 nitrogen and oxygen atoms in total. The predicted octanol–water partition coefficient (Wildman–Crippen LogP) is 10.1. The number of fused-ring (bicyclic) bond motifs is 3. The fraction of sp³-hybridized carbons (Fsp3) is 0. The molecule has 0 aromatic heterocycles. The molecule has 7 rings (SSSR count). The van der Waals surface area contributed by atoms with Gasteiger partial charge in [-0.25, -0.2) is 0 Å². The van der Waals surface area contributed by atoms with Crippen molar-refractivity contribution in [1.82, 2.24) is 0 Å². The predicted molar refractivity (Wildman–Crippen MR) is 155 cm³/mol. The molecule has 7 aromatic carbocycles. The van der Waals surface area contributed by atoms with Crippen LogP contribution in [-0.4, -0.2) is 0 Å². The second-order valence-electron chi connectivity index (χ2n) is 9.37. The Morgan fingerprint density at radius 1 is 0.250 bits per heavy atom. The Balaban J connectivity index is 1.33. The van der Waals surface area contributed by atoms with Gasteiger partial charge in [-0.15, -0.1) is 0 Å². The van der Waals surface area contributed by atoms with Crippen molar-refractivity contribution < 1.29 is 0 Å². The maximum Gasteiger partial charge on any atom is -0.00992 e. The highest BCUT2D eigenvalue weighted by molar-refractivity contribution is 6.06.